The molecule has 2 rings (SSSR count). The summed E-state index contributed by atoms with van der Waals surface area (Å²) in [4.78, 5) is 23.3. The molecule has 1 N–H and O–H groups in total. The van der Waals surface area contributed by atoms with Crippen LogP contribution in [0.15, 0.2) is 12.4 Å². The molecule has 1 aromatic heterocycles. The minimum atomic E-state index is -1.04. The summed E-state index contributed by atoms with van der Waals surface area (Å²) in [6, 6.07) is 0. The van der Waals surface area contributed by atoms with Crippen molar-refractivity contribution in [3.8, 4) is 0 Å². The van der Waals surface area contributed by atoms with E-state index in [4.69, 9.17) is 5.11 Å². The van der Waals surface area contributed by atoms with Crippen LogP contribution in [0.4, 0.5) is 5.82 Å². The lowest BCUT2D eigenvalue weighted by atomic mass is 10.3. The lowest BCUT2D eigenvalue weighted by Crippen LogP contribution is -2.32. The molecule has 18 heavy (non-hydrogen) atoms. The number of hydrogen-bond acceptors (Lipinski definition) is 5. The second kappa shape index (κ2) is 5.77. The maximum atomic E-state index is 11.0. The molecule has 0 radical (unpaired) electrons. The molecule has 0 aromatic carbocycles. The Bertz CT molecular complexity index is 418. The van der Waals surface area contributed by atoms with Gasteiger partial charge < -0.3 is 14.9 Å². The monoisotopic (exact) mass is 250 g/mol. The summed E-state index contributed by atoms with van der Waals surface area (Å²) in [7, 11) is 1.85. The minimum absolute atomic E-state index is 0.0152. The number of nitrogens with zero attached hydrogens (tertiary/aromatic N) is 4. The van der Waals surface area contributed by atoms with Crippen molar-refractivity contribution in [2.75, 3.05) is 38.1 Å². The van der Waals surface area contributed by atoms with Gasteiger partial charge in [0.25, 0.3) is 0 Å². The highest BCUT2D eigenvalue weighted by Crippen LogP contribution is 2.14. The van der Waals surface area contributed by atoms with Crippen molar-refractivity contribution in [2.24, 2.45) is 0 Å². The maximum Gasteiger partial charge on any atom is 0.358 e. The van der Waals surface area contributed by atoms with Crippen molar-refractivity contribution in [1.29, 1.82) is 0 Å². The summed E-state index contributed by atoms with van der Waals surface area (Å²) in [5.74, 6) is -0.602. The van der Waals surface area contributed by atoms with Crippen LogP contribution in [0, 0.1) is 0 Å². The predicted molar refractivity (Wildman–Crippen MR) is 67.9 cm³/mol. The summed E-state index contributed by atoms with van der Waals surface area (Å²) in [6.45, 7) is 3.98. The molecular formula is C12H18N4O2. The van der Waals surface area contributed by atoms with Gasteiger partial charge in [-0.25, -0.2) is 14.8 Å². The average Bonchev–Trinajstić information content (AvgIpc) is 2.89. The van der Waals surface area contributed by atoms with Crippen LogP contribution >= 0.6 is 0 Å². The molecule has 2 heterocycles. The van der Waals surface area contributed by atoms with E-state index in [2.05, 4.69) is 14.9 Å². The van der Waals surface area contributed by atoms with Crippen LogP contribution in [0.3, 0.4) is 0 Å². The van der Waals surface area contributed by atoms with E-state index in [0.29, 0.717) is 5.82 Å². The number of rotatable bonds is 5. The Morgan fingerprint density at radius 2 is 2.06 bits per heavy atom. The van der Waals surface area contributed by atoms with Crippen LogP contribution in [0.1, 0.15) is 23.3 Å². The predicted octanol–water partition coefficient (Wildman–Crippen LogP) is 0.707. The Morgan fingerprint density at radius 3 is 2.72 bits per heavy atom. The first-order valence-electron chi connectivity index (χ1n) is 6.16. The number of aromatic carboxylic acids is 1. The number of hydrogen-bond donors (Lipinski definition) is 1. The number of carboxylic acid groups (broad SMARTS) is 1. The molecule has 6 heteroatoms. The van der Waals surface area contributed by atoms with E-state index in [1.165, 1.54) is 25.2 Å². The topological polar surface area (TPSA) is 69.6 Å². The van der Waals surface area contributed by atoms with Crippen LogP contribution in [0.2, 0.25) is 0 Å². The van der Waals surface area contributed by atoms with Crippen molar-refractivity contribution in [3.05, 3.63) is 18.1 Å². The van der Waals surface area contributed by atoms with Crippen molar-refractivity contribution in [2.45, 2.75) is 12.8 Å². The summed E-state index contributed by atoms with van der Waals surface area (Å²) in [6.07, 6.45) is 5.44. The highest BCUT2D eigenvalue weighted by molar-refractivity contribution is 5.90. The van der Waals surface area contributed by atoms with E-state index in [0.717, 1.165) is 26.2 Å². The van der Waals surface area contributed by atoms with Crippen LogP contribution < -0.4 is 4.90 Å². The van der Waals surface area contributed by atoms with Crippen molar-refractivity contribution >= 4 is 11.8 Å². The zero-order valence-electron chi connectivity index (χ0n) is 10.5. The number of likely N-dealkylation sites (tertiary alicyclic amines) is 1. The highest BCUT2D eigenvalue weighted by atomic mass is 16.4. The highest BCUT2D eigenvalue weighted by Gasteiger charge is 2.17. The van der Waals surface area contributed by atoms with Gasteiger partial charge in [0.2, 0.25) is 0 Å². The van der Waals surface area contributed by atoms with Crippen LogP contribution in [0.5, 0.6) is 0 Å². The summed E-state index contributed by atoms with van der Waals surface area (Å²) in [5, 5.41) is 9.05. The smallest absolute Gasteiger partial charge is 0.358 e. The molecular weight excluding hydrogens is 232 g/mol. The molecule has 0 saturated carbocycles. The first-order valence-corrected chi connectivity index (χ1v) is 6.16. The molecule has 1 fully saturated rings. The minimum Gasteiger partial charge on any atom is -0.476 e. The van der Waals surface area contributed by atoms with E-state index in [1.807, 2.05) is 11.9 Å². The Balaban J connectivity index is 1.99. The van der Waals surface area contributed by atoms with Gasteiger partial charge in [-0.1, -0.05) is 0 Å². The van der Waals surface area contributed by atoms with E-state index in [9.17, 15) is 4.79 Å². The van der Waals surface area contributed by atoms with Gasteiger partial charge in [0, 0.05) is 32.5 Å². The zero-order chi connectivity index (χ0) is 13.0. The molecule has 0 aliphatic carbocycles. The average molecular weight is 250 g/mol. The Hall–Kier alpha value is -1.69. The number of carboxylic acids is 1. The van der Waals surface area contributed by atoms with Gasteiger partial charge in [0.1, 0.15) is 0 Å². The van der Waals surface area contributed by atoms with Crippen LogP contribution in [-0.2, 0) is 0 Å². The summed E-state index contributed by atoms with van der Waals surface area (Å²) >= 11 is 0. The van der Waals surface area contributed by atoms with Crippen LogP contribution in [0.25, 0.3) is 0 Å². The van der Waals surface area contributed by atoms with E-state index in [1.54, 1.807) is 0 Å². The van der Waals surface area contributed by atoms with Gasteiger partial charge in [-0.15, -0.1) is 0 Å². The summed E-state index contributed by atoms with van der Waals surface area (Å²) < 4.78 is 0. The second-order valence-corrected chi connectivity index (χ2v) is 4.50. The molecule has 0 spiro atoms. The third-order valence-electron chi connectivity index (χ3n) is 3.19. The van der Waals surface area contributed by atoms with Crippen molar-refractivity contribution in [3.63, 3.8) is 0 Å². The maximum absolute atomic E-state index is 11.0. The SMILES string of the molecule is CN(CCN1CCCC1)c1nccnc1C(=O)O. The van der Waals surface area contributed by atoms with Gasteiger partial charge in [-0.2, -0.15) is 0 Å². The van der Waals surface area contributed by atoms with Crippen molar-refractivity contribution < 1.29 is 9.90 Å². The second-order valence-electron chi connectivity index (χ2n) is 4.50. The quantitative estimate of drug-likeness (QED) is 0.830. The van der Waals surface area contributed by atoms with Gasteiger partial charge in [0.05, 0.1) is 0 Å². The van der Waals surface area contributed by atoms with E-state index in [-0.39, 0.29) is 5.69 Å². The fraction of sp³-hybridized carbons (Fsp3) is 0.583. The molecule has 1 aliphatic heterocycles. The molecule has 1 saturated heterocycles. The van der Waals surface area contributed by atoms with Crippen molar-refractivity contribution in [1.82, 2.24) is 14.9 Å². The van der Waals surface area contributed by atoms with Gasteiger partial charge >= 0.3 is 5.97 Å². The van der Waals surface area contributed by atoms with Gasteiger partial charge in [0.15, 0.2) is 11.5 Å². The normalized spacial score (nSPS) is 15.8. The number of aromatic nitrogens is 2. The molecule has 0 amide bonds. The lowest BCUT2D eigenvalue weighted by Gasteiger charge is -2.22. The Kier molecular flexibility index (Phi) is 4.09. The third-order valence-corrected chi connectivity index (χ3v) is 3.19. The zero-order valence-corrected chi connectivity index (χ0v) is 10.5. The Morgan fingerprint density at radius 1 is 1.39 bits per heavy atom. The van der Waals surface area contributed by atoms with Gasteiger partial charge in [-0.3, -0.25) is 0 Å². The molecule has 6 nitrogen and oxygen atoms in total. The first kappa shape index (κ1) is 12.8. The van der Waals surface area contributed by atoms with E-state index >= 15 is 0 Å². The third kappa shape index (κ3) is 2.95. The van der Waals surface area contributed by atoms with Gasteiger partial charge in [-0.05, 0) is 25.9 Å². The molecule has 0 bridgehead atoms. The molecule has 0 atom stereocenters. The number of anilines is 1. The molecule has 1 aliphatic rings. The summed E-state index contributed by atoms with van der Waals surface area (Å²) in [5.41, 5.74) is 0.0152. The van der Waals surface area contributed by atoms with E-state index < -0.39 is 5.97 Å². The fourth-order valence-corrected chi connectivity index (χ4v) is 2.16. The largest absolute Gasteiger partial charge is 0.476 e. The molecule has 1 aromatic rings. The molecule has 98 valence electrons. The van der Waals surface area contributed by atoms with Crippen LogP contribution in [-0.4, -0.2) is 59.2 Å². The molecule has 0 unspecified atom stereocenters. The lowest BCUT2D eigenvalue weighted by molar-refractivity contribution is 0.0690. The first-order chi connectivity index (χ1) is 8.68. The standard InChI is InChI=1S/C12H18N4O2/c1-15(8-9-16-6-2-3-7-16)11-10(12(17)18)13-4-5-14-11/h4-5H,2-3,6-9H2,1H3,(H,17,18). The number of carbonyl (C=O) groups is 1. The fourth-order valence-electron chi connectivity index (χ4n) is 2.16. The Labute approximate surface area is 106 Å². The number of likely N-dealkylation sites (N-methyl/N-ethyl adjacent to an activating group) is 1.